The van der Waals surface area contributed by atoms with Gasteiger partial charge in [0.1, 0.15) is 0 Å². The highest BCUT2D eigenvalue weighted by molar-refractivity contribution is 5.46. The van der Waals surface area contributed by atoms with Crippen molar-refractivity contribution in [3.63, 3.8) is 0 Å². The minimum absolute atomic E-state index is 0.515. The maximum Gasteiger partial charge on any atom is 0.0758 e. The summed E-state index contributed by atoms with van der Waals surface area (Å²) in [5, 5.41) is 7.91. The first-order valence-electron chi connectivity index (χ1n) is 6.33. The zero-order valence-corrected chi connectivity index (χ0v) is 11.2. The molecule has 1 rings (SSSR count). The molecule has 0 fully saturated rings. The van der Waals surface area contributed by atoms with Crippen molar-refractivity contribution in [3.8, 4) is 0 Å². The van der Waals surface area contributed by atoms with Crippen LogP contribution >= 0.6 is 0 Å². The number of hydrogen-bond acceptors (Lipinski definition) is 2. The van der Waals surface area contributed by atoms with Crippen molar-refractivity contribution in [1.29, 1.82) is 0 Å². The molecular formula is C13H25N3. The number of rotatable bonds is 6. The molecule has 16 heavy (non-hydrogen) atoms. The molecule has 1 unspecified atom stereocenters. The molecule has 0 aliphatic heterocycles. The van der Waals surface area contributed by atoms with E-state index in [0.29, 0.717) is 6.04 Å². The lowest BCUT2D eigenvalue weighted by Crippen LogP contribution is -2.14. The number of hydrogen-bond donors (Lipinski definition) is 1. The van der Waals surface area contributed by atoms with Crippen molar-refractivity contribution < 1.29 is 0 Å². The van der Waals surface area contributed by atoms with E-state index in [1.807, 2.05) is 6.20 Å². The van der Waals surface area contributed by atoms with Crippen molar-refractivity contribution in [1.82, 2.24) is 9.78 Å². The van der Waals surface area contributed by atoms with Gasteiger partial charge in [-0.25, -0.2) is 0 Å². The van der Waals surface area contributed by atoms with E-state index in [1.54, 1.807) is 0 Å². The van der Waals surface area contributed by atoms with Gasteiger partial charge < -0.3 is 5.32 Å². The van der Waals surface area contributed by atoms with Gasteiger partial charge in [-0.15, -0.1) is 0 Å². The van der Waals surface area contributed by atoms with E-state index < -0.39 is 0 Å². The quantitative estimate of drug-likeness (QED) is 0.800. The highest BCUT2D eigenvalue weighted by Crippen LogP contribution is 2.16. The van der Waals surface area contributed by atoms with E-state index in [0.717, 1.165) is 18.9 Å². The second-order valence-corrected chi connectivity index (χ2v) is 5.00. The van der Waals surface area contributed by atoms with Crippen LogP contribution in [0, 0.1) is 12.8 Å². The van der Waals surface area contributed by atoms with Crippen LogP contribution < -0.4 is 5.32 Å². The maximum absolute atomic E-state index is 4.43. The zero-order chi connectivity index (χ0) is 12.1. The summed E-state index contributed by atoms with van der Waals surface area (Å²) >= 11 is 0. The minimum Gasteiger partial charge on any atom is -0.380 e. The largest absolute Gasteiger partial charge is 0.380 e. The average Bonchev–Trinajstić information content (AvgIpc) is 2.57. The number of aryl methyl sites for hydroxylation is 1. The van der Waals surface area contributed by atoms with Gasteiger partial charge in [-0.1, -0.05) is 20.8 Å². The van der Waals surface area contributed by atoms with Gasteiger partial charge in [0, 0.05) is 12.6 Å². The van der Waals surface area contributed by atoms with Crippen LogP contribution in [-0.2, 0) is 6.54 Å². The zero-order valence-electron chi connectivity index (χ0n) is 11.2. The molecular weight excluding hydrogens is 198 g/mol. The molecule has 0 aromatic carbocycles. The van der Waals surface area contributed by atoms with Crippen LogP contribution in [0.25, 0.3) is 0 Å². The lowest BCUT2D eigenvalue weighted by Gasteiger charge is -2.12. The molecule has 92 valence electrons. The van der Waals surface area contributed by atoms with Crippen LogP contribution in [0.4, 0.5) is 5.69 Å². The molecule has 0 spiro atoms. The van der Waals surface area contributed by atoms with Crippen LogP contribution in [0.15, 0.2) is 6.20 Å². The topological polar surface area (TPSA) is 29.9 Å². The summed E-state index contributed by atoms with van der Waals surface area (Å²) in [7, 11) is 0. The van der Waals surface area contributed by atoms with Crippen LogP contribution in [-0.4, -0.2) is 15.8 Å². The summed E-state index contributed by atoms with van der Waals surface area (Å²) in [5.74, 6) is 0.731. The predicted molar refractivity (Wildman–Crippen MR) is 69.8 cm³/mol. The summed E-state index contributed by atoms with van der Waals surface area (Å²) in [6.45, 7) is 12.0. The number of nitrogens with one attached hydrogen (secondary N) is 1. The van der Waals surface area contributed by atoms with Crippen LogP contribution in [0.5, 0.6) is 0 Å². The van der Waals surface area contributed by atoms with Crippen molar-refractivity contribution in [2.75, 3.05) is 5.32 Å². The second kappa shape index (κ2) is 5.92. The van der Waals surface area contributed by atoms with Gasteiger partial charge in [0.05, 0.1) is 17.6 Å². The minimum atomic E-state index is 0.515. The molecule has 0 bridgehead atoms. The Morgan fingerprint density at radius 3 is 2.62 bits per heavy atom. The Labute approximate surface area is 99.2 Å². The van der Waals surface area contributed by atoms with E-state index >= 15 is 0 Å². The summed E-state index contributed by atoms with van der Waals surface area (Å²) in [6.07, 6.45) is 4.27. The van der Waals surface area contributed by atoms with E-state index in [4.69, 9.17) is 0 Å². The van der Waals surface area contributed by atoms with Crippen molar-refractivity contribution >= 4 is 5.69 Å². The summed E-state index contributed by atoms with van der Waals surface area (Å²) in [6, 6.07) is 0.515. The number of nitrogens with zero attached hydrogens (tertiary/aromatic N) is 2. The molecule has 0 amide bonds. The van der Waals surface area contributed by atoms with Crippen molar-refractivity contribution in [2.24, 2.45) is 5.92 Å². The predicted octanol–water partition coefficient (Wildman–Crippen LogP) is 3.45. The number of aromatic nitrogens is 2. The molecule has 0 aliphatic carbocycles. The van der Waals surface area contributed by atoms with Gasteiger partial charge in [0.2, 0.25) is 0 Å². The third kappa shape index (κ3) is 3.54. The molecule has 3 nitrogen and oxygen atoms in total. The molecule has 1 aromatic rings. The second-order valence-electron chi connectivity index (χ2n) is 5.00. The van der Waals surface area contributed by atoms with Crippen molar-refractivity contribution in [3.05, 3.63) is 11.9 Å². The molecule has 3 heteroatoms. The van der Waals surface area contributed by atoms with E-state index in [-0.39, 0.29) is 0 Å². The van der Waals surface area contributed by atoms with Gasteiger partial charge >= 0.3 is 0 Å². The Bertz CT molecular complexity index is 315. The highest BCUT2D eigenvalue weighted by Gasteiger charge is 2.08. The summed E-state index contributed by atoms with van der Waals surface area (Å²) in [4.78, 5) is 0. The van der Waals surface area contributed by atoms with E-state index in [9.17, 15) is 0 Å². The third-order valence-corrected chi connectivity index (χ3v) is 3.04. The molecule has 1 N–H and O–H groups in total. The normalized spacial score (nSPS) is 13.1. The van der Waals surface area contributed by atoms with E-state index in [2.05, 4.69) is 49.7 Å². The standard InChI is InChI=1S/C13H25N3/c1-6-11(4)15-13-9-14-16(12(13)5)8-7-10(2)3/h9-11,15H,6-8H2,1-5H3. The lowest BCUT2D eigenvalue weighted by atomic mass is 10.1. The molecule has 1 aromatic heterocycles. The van der Waals surface area contributed by atoms with Gasteiger partial charge in [0.25, 0.3) is 0 Å². The molecule has 0 saturated carbocycles. The first-order valence-corrected chi connectivity index (χ1v) is 6.33. The average molecular weight is 223 g/mol. The summed E-state index contributed by atoms with van der Waals surface area (Å²) in [5.41, 5.74) is 2.43. The van der Waals surface area contributed by atoms with Crippen LogP contribution in [0.2, 0.25) is 0 Å². The Hall–Kier alpha value is -0.990. The number of anilines is 1. The first-order chi connectivity index (χ1) is 7.54. The Morgan fingerprint density at radius 1 is 1.38 bits per heavy atom. The molecule has 1 heterocycles. The van der Waals surface area contributed by atoms with Gasteiger partial charge in [-0.05, 0) is 32.6 Å². The molecule has 0 aliphatic rings. The fraction of sp³-hybridized carbons (Fsp3) is 0.769. The molecule has 0 radical (unpaired) electrons. The Balaban J connectivity index is 2.61. The summed E-state index contributed by atoms with van der Waals surface area (Å²) < 4.78 is 2.10. The van der Waals surface area contributed by atoms with Crippen LogP contribution in [0.1, 0.15) is 46.2 Å². The van der Waals surface area contributed by atoms with Crippen LogP contribution in [0.3, 0.4) is 0 Å². The molecule has 0 saturated heterocycles. The maximum atomic E-state index is 4.43. The van der Waals surface area contributed by atoms with Crippen molar-refractivity contribution in [2.45, 2.75) is 60.0 Å². The Morgan fingerprint density at radius 2 is 2.06 bits per heavy atom. The first kappa shape index (κ1) is 13.1. The van der Waals surface area contributed by atoms with Gasteiger partial charge in [-0.3, -0.25) is 4.68 Å². The fourth-order valence-electron chi connectivity index (χ4n) is 1.56. The highest BCUT2D eigenvalue weighted by atomic mass is 15.3. The Kier molecular flexibility index (Phi) is 4.84. The third-order valence-electron chi connectivity index (χ3n) is 3.04. The van der Waals surface area contributed by atoms with Gasteiger partial charge in [-0.2, -0.15) is 5.10 Å². The smallest absolute Gasteiger partial charge is 0.0758 e. The fourth-order valence-corrected chi connectivity index (χ4v) is 1.56. The molecule has 1 atom stereocenters. The SMILES string of the molecule is CCC(C)Nc1cnn(CCC(C)C)c1C. The monoisotopic (exact) mass is 223 g/mol. The van der Waals surface area contributed by atoms with Gasteiger partial charge in [0.15, 0.2) is 0 Å². The lowest BCUT2D eigenvalue weighted by molar-refractivity contribution is 0.480. The van der Waals surface area contributed by atoms with E-state index in [1.165, 1.54) is 17.8 Å².